The predicted octanol–water partition coefficient (Wildman–Crippen LogP) is 1.20. The maximum Gasteiger partial charge on any atom is 0.418 e. The Bertz CT molecular complexity index is 376. The maximum atomic E-state index is 11.8. The number of ether oxygens (including phenoxy) is 1. The molecule has 16 heavy (non-hydrogen) atoms. The summed E-state index contributed by atoms with van der Waals surface area (Å²) in [5.41, 5.74) is 5.71. The van der Waals surface area contributed by atoms with Gasteiger partial charge in [0.05, 0.1) is 0 Å². The van der Waals surface area contributed by atoms with Gasteiger partial charge >= 0.3 is 6.09 Å². The third-order valence-corrected chi connectivity index (χ3v) is 1.89. The summed E-state index contributed by atoms with van der Waals surface area (Å²) >= 11 is 0. The van der Waals surface area contributed by atoms with Crippen molar-refractivity contribution in [1.29, 1.82) is 0 Å². The topological polar surface area (TPSA) is 72.6 Å². The molecule has 0 aliphatic rings. The fourth-order valence-electron chi connectivity index (χ4n) is 1.10. The number of nitrogens with two attached hydrogens (primary N) is 1. The van der Waals surface area contributed by atoms with Crippen molar-refractivity contribution in [3.05, 3.63) is 35.9 Å². The van der Waals surface area contributed by atoms with Gasteiger partial charge in [-0.25, -0.2) is 9.69 Å². The van der Waals surface area contributed by atoms with Gasteiger partial charge in [0.2, 0.25) is 0 Å². The normalized spacial score (nSPS) is 11.7. The number of nitrogens with zero attached hydrogens (tertiary/aromatic N) is 1. The molecule has 0 heterocycles. The Morgan fingerprint density at radius 1 is 1.31 bits per heavy atom. The van der Waals surface area contributed by atoms with Gasteiger partial charge in [0.25, 0.3) is 5.91 Å². The van der Waals surface area contributed by atoms with Crippen LogP contribution < -0.4 is 5.73 Å². The Labute approximate surface area is 93.8 Å². The first-order chi connectivity index (χ1) is 7.52. The van der Waals surface area contributed by atoms with E-state index in [1.54, 1.807) is 30.3 Å². The summed E-state index contributed by atoms with van der Waals surface area (Å²) in [5.74, 6) is -0.425. The fraction of sp³-hybridized carbons (Fsp3) is 0.273. The number of carbonyl (C=O) groups excluding carboxylic acids is 2. The first kappa shape index (κ1) is 12.2. The molecule has 0 bridgehead atoms. The highest BCUT2D eigenvalue weighted by molar-refractivity contribution is 6.02. The van der Waals surface area contributed by atoms with E-state index in [1.807, 2.05) is 0 Å². The summed E-state index contributed by atoms with van der Waals surface area (Å²) in [5, 5.41) is 0. The average Bonchev–Trinajstić information content (AvgIpc) is 2.27. The van der Waals surface area contributed by atoms with Crippen LogP contribution in [0.25, 0.3) is 0 Å². The van der Waals surface area contributed by atoms with Crippen molar-refractivity contribution in [3.8, 4) is 0 Å². The van der Waals surface area contributed by atoms with E-state index in [0.29, 0.717) is 5.56 Å². The lowest BCUT2D eigenvalue weighted by molar-refractivity contribution is 0.0608. The molecule has 0 spiro atoms. The molecule has 0 aromatic heterocycles. The molecule has 1 unspecified atom stereocenters. The molecule has 0 aliphatic carbocycles. The second-order valence-corrected chi connectivity index (χ2v) is 3.32. The smallest absolute Gasteiger partial charge is 0.418 e. The van der Waals surface area contributed by atoms with E-state index in [0.717, 1.165) is 4.90 Å². The molecule has 1 aromatic rings. The van der Waals surface area contributed by atoms with Gasteiger partial charge in [0.15, 0.2) is 0 Å². The minimum atomic E-state index is -0.760. The number of hydrogen-bond acceptors (Lipinski definition) is 4. The Morgan fingerprint density at radius 3 is 2.38 bits per heavy atom. The standard InChI is InChI=1S/C11H14N2O3/c1-8(12)16-11(15)13(2)10(14)9-6-4-3-5-7-9/h3-8H,12H2,1-2H3. The zero-order valence-corrected chi connectivity index (χ0v) is 9.21. The van der Waals surface area contributed by atoms with Gasteiger partial charge in [-0.2, -0.15) is 0 Å². The van der Waals surface area contributed by atoms with Gasteiger partial charge in [-0.1, -0.05) is 18.2 Å². The van der Waals surface area contributed by atoms with Crippen molar-refractivity contribution < 1.29 is 14.3 Å². The molecule has 0 saturated heterocycles. The van der Waals surface area contributed by atoms with Crippen molar-refractivity contribution in [2.24, 2.45) is 5.73 Å². The SMILES string of the molecule is CC(N)OC(=O)N(C)C(=O)c1ccccc1. The van der Waals surface area contributed by atoms with Crippen LogP contribution >= 0.6 is 0 Å². The van der Waals surface area contributed by atoms with Crippen LogP contribution in [0.15, 0.2) is 30.3 Å². The molecule has 0 aliphatic heterocycles. The molecule has 1 rings (SSSR count). The van der Waals surface area contributed by atoms with E-state index in [4.69, 9.17) is 10.5 Å². The number of amides is 2. The van der Waals surface area contributed by atoms with E-state index in [1.165, 1.54) is 14.0 Å². The van der Waals surface area contributed by atoms with Gasteiger partial charge in [-0.3, -0.25) is 10.5 Å². The highest BCUT2D eigenvalue weighted by Crippen LogP contribution is 2.04. The van der Waals surface area contributed by atoms with Crippen LogP contribution in [0, 0.1) is 0 Å². The maximum absolute atomic E-state index is 11.8. The number of rotatable bonds is 2. The van der Waals surface area contributed by atoms with Crippen LogP contribution in [-0.2, 0) is 4.74 Å². The quantitative estimate of drug-likeness (QED) is 0.763. The van der Waals surface area contributed by atoms with Crippen LogP contribution in [0.1, 0.15) is 17.3 Å². The first-order valence-corrected chi connectivity index (χ1v) is 4.81. The zero-order valence-electron chi connectivity index (χ0n) is 9.21. The second kappa shape index (κ2) is 5.27. The highest BCUT2D eigenvalue weighted by atomic mass is 16.6. The molecular formula is C11H14N2O3. The second-order valence-electron chi connectivity index (χ2n) is 3.32. The summed E-state index contributed by atoms with van der Waals surface area (Å²) in [6.07, 6.45) is -1.50. The third-order valence-electron chi connectivity index (χ3n) is 1.89. The molecule has 0 radical (unpaired) electrons. The molecular weight excluding hydrogens is 208 g/mol. The predicted molar refractivity (Wildman–Crippen MR) is 58.7 cm³/mol. The first-order valence-electron chi connectivity index (χ1n) is 4.81. The minimum absolute atomic E-state index is 0.423. The molecule has 0 saturated carbocycles. The molecule has 5 heteroatoms. The Hall–Kier alpha value is -1.88. The van der Waals surface area contributed by atoms with E-state index < -0.39 is 18.2 Å². The summed E-state index contributed by atoms with van der Waals surface area (Å²) in [7, 11) is 1.35. The van der Waals surface area contributed by atoms with E-state index in [9.17, 15) is 9.59 Å². The molecule has 1 aromatic carbocycles. The average molecular weight is 222 g/mol. The third kappa shape index (κ3) is 3.06. The van der Waals surface area contributed by atoms with Crippen LogP contribution in [0.3, 0.4) is 0 Å². The molecule has 0 fully saturated rings. The summed E-state index contributed by atoms with van der Waals surface area (Å²) in [6.45, 7) is 1.51. The van der Waals surface area contributed by atoms with Crippen LogP contribution in [-0.4, -0.2) is 30.2 Å². The molecule has 86 valence electrons. The van der Waals surface area contributed by atoms with Gasteiger partial charge < -0.3 is 4.74 Å². The Morgan fingerprint density at radius 2 is 1.88 bits per heavy atom. The molecule has 5 nitrogen and oxygen atoms in total. The molecule has 1 atom stereocenters. The lowest BCUT2D eigenvalue weighted by atomic mass is 10.2. The van der Waals surface area contributed by atoms with Crippen molar-refractivity contribution in [3.63, 3.8) is 0 Å². The Kier molecular flexibility index (Phi) is 4.02. The number of hydrogen-bond donors (Lipinski definition) is 1. The van der Waals surface area contributed by atoms with Crippen LogP contribution in [0.5, 0.6) is 0 Å². The van der Waals surface area contributed by atoms with Crippen molar-refractivity contribution in [2.75, 3.05) is 7.05 Å². The number of carbonyl (C=O) groups is 2. The van der Waals surface area contributed by atoms with Crippen LogP contribution in [0.4, 0.5) is 4.79 Å². The lowest BCUT2D eigenvalue weighted by Gasteiger charge is -2.16. The largest absolute Gasteiger partial charge is 0.431 e. The van der Waals surface area contributed by atoms with Gasteiger partial charge in [-0.15, -0.1) is 0 Å². The van der Waals surface area contributed by atoms with Crippen molar-refractivity contribution >= 4 is 12.0 Å². The fourth-order valence-corrected chi connectivity index (χ4v) is 1.10. The van der Waals surface area contributed by atoms with Crippen molar-refractivity contribution in [2.45, 2.75) is 13.2 Å². The van der Waals surface area contributed by atoms with Gasteiger partial charge in [0, 0.05) is 12.6 Å². The zero-order chi connectivity index (χ0) is 12.1. The van der Waals surface area contributed by atoms with Gasteiger partial charge in [-0.05, 0) is 19.1 Å². The highest BCUT2D eigenvalue weighted by Gasteiger charge is 2.20. The minimum Gasteiger partial charge on any atom is -0.431 e. The molecule has 2 N–H and O–H groups in total. The monoisotopic (exact) mass is 222 g/mol. The van der Waals surface area contributed by atoms with E-state index in [-0.39, 0.29) is 0 Å². The summed E-state index contributed by atoms with van der Waals surface area (Å²) in [4.78, 5) is 24.0. The van der Waals surface area contributed by atoms with E-state index >= 15 is 0 Å². The lowest BCUT2D eigenvalue weighted by Crippen LogP contribution is -2.37. The Balaban J connectivity index is 2.72. The van der Waals surface area contributed by atoms with Crippen molar-refractivity contribution in [1.82, 2.24) is 4.90 Å². The van der Waals surface area contributed by atoms with E-state index in [2.05, 4.69) is 0 Å². The summed E-state index contributed by atoms with van der Waals surface area (Å²) in [6, 6.07) is 8.48. The number of benzene rings is 1. The summed E-state index contributed by atoms with van der Waals surface area (Å²) < 4.78 is 4.70. The van der Waals surface area contributed by atoms with Gasteiger partial charge in [0.1, 0.15) is 6.23 Å². The number of imide groups is 1. The molecule has 2 amide bonds. The van der Waals surface area contributed by atoms with Crippen LogP contribution in [0.2, 0.25) is 0 Å².